The number of fused-ring (bicyclic) bond motifs is 1. The summed E-state index contributed by atoms with van der Waals surface area (Å²) in [6.07, 6.45) is 1.92. The first kappa shape index (κ1) is 15.6. The Morgan fingerprint density at radius 1 is 1.00 bits per heavy atom. The average molecular weight is 451 g/mol. The van der Waals surface area contributed by atoms with Gasteiger partial charge in [0.15, 0.2) is 7.14 Å². The van der Waals surface area contributed by atoms with Crippen molar-refractivity contribution in [2.75, 3.05) is 0 Å². The van der Waals surface area contributed by atoms with E-state index in [-0.39, 0.29) is 51.1 Å². The van der Waals surface area contributed by atoms with Crippen molar-refractivity contribution in [2.45, 2.75) is 25.0 Å². The van der Waals surface area contributed by atoms with Gasteiger partial charge in [0.25, 0.3) is 0 Å². The second kappa shape index (κ2) is 5.97. The Hall–Kier alpha value is -1.63. The number of esters is 1. The molecule has 2 aliphatic carbocycles. The standard InChI is InChI=1S/C20H17FIO3/c21-12-1-3-13(4-2-12)22-14-5-7-15(8-6-14)24-18-11-9-16-17(10-11)20(23)25-19(16)18/h1-8,11,16-19H,9-10H2/q+1. The van der Waals surface area contributed by atoms with E-state index in [1.807, 2.05) is 24.3 Å². The molecule has 3 aliphatic rings. The van der Waals surface area contributed by atoms with Gasteiger partial charge in [0.05, 0.1) is 5.92 Å². The molecular weight excluding hydrogens is 434 g/mol. The van der Waals surface area contributed by atoms with E-state index in [1.165, 1.54) is 19.3 Å². The molecule has 25 heavy (non-hydrogen) atoms. The van der Waals surface area contributed by atoms with Crippen LogP contribution in [0.1, 0.15) is 12.8 Å². The number of halogens is 2. The second-order valence-corrected chi connectivity index (χ2v) is 10.0. The molecule has 2 aromatic rings. The monoisotopic (exact) mass is 451 g/mol. The highest BCUT2D eigenvalue weighted by atomic mass is 127. The molecule has 0 radical (unpaired) electrons. The number of hydrogen-bond donors (Lipinski definition) is 0. The Morgan fingerprint density at radius 2 is 1.68 bits per heavy atom. The van der Waals surface area contributed by atoms with Gasteiger partial charge in [-0.2, -0.15) is 0 Å². The van der Waals surface area contributed by atoms with Crippen LogP contribution in [0.25, 0.3) is 0 Å². The normalized spacial score (nSPS) is 32.0. The first-order chi connectivity index (χ1) is 12.2. The molecule has 5 heteroatoms. The molecule has 0 aromatic heterocycles. The summed E-state index contributed by atoms with van der Waals surface area (Å²) in [5.74, 6) is 1.55. The molecule has 1 heterocycles. The summed E-state index contributed by atoms with van der Waals surface area (Å²) in [5, 5.41) is 0. The Balaban J connectivity index is 1.27. The molecule has 2 bridgehead atoms. The Morgan fingerprint density at radius 3 is 2.40 bits per heavy atom. The quantitative estimate of drug-likeness (QED) is 0.495. The molecule has 3 nitrogen and oxygen atoms in total. The molecule has 3 fully saturated rings. The van der Waals surface area contributed by atoms with Crippen LogP contribution >= 0.6 is 0 Å². The predicted molar refractivity (Wildman–Crippen MR) is 84.2 cm³/mol. The molecule has 5 unspecified atom stereocenters. The maximum atomic E-state index is 13.0. The van der Waals surface area contributed by atoms with Gasteiger partial charge in [-0.3, -0.25) is 4.79 Å². The van der Waals surface area contributed by atoms with Gasteiger partial charge in [-0.15, -0.1) is 0 Å². The van der Waals surface area contributed by atoms with E-state index < -0.39 is 0 Å². The summed E-state index contributed by atoms with van der Waals surface area (Å²) in [4.78, 5) is 11.8. The molecule has 5 rings (SSSR count). The van der Waals surface area contributed by atoms with Crippen LogP contribution in [-0.4, -0.2) is 18.2 Å². The van der Waals surface area contributed by atoms with Crippen molar-refractivity contribution >= 4 is 5.97 Å². The molecule has 2 aromatic carbocycles. The highest BCUT2D eigenvalue weighted by Crippen LogP contribution is 2.55. The summed E-state index contributed by atoms with van der Waals surface area (Å²) in [6, 6.07) is 14.9. The number of carbonyl (C=O) groups is 1. The van der Waals surface area contributed by atoms with E-state index >= 15 is 0 Å². The maximum absolute atomic E-state index is 13.0. The summed E-state index contributed by atoms with van der Waals surface area (Å²) in [6.45, 7) is 0. The Bertz CT molecular complexity index is 805. The zero-order valence-electron chi connectivity index (χ0n) is 13.4. The lowest BCUT2D eigenvalue weighted by molar-refractivity contribution is -0.597. The molecule has 1 saturated heterocycles. The summed E-state index contributed by atoms with van der Waals surface area (Å²) in [7, 11) is 0. The van der Waals surface area contributed by atoms with Crippen molar-refractivity contribution < 1.29 is 39.9 Å². The first-order valence-corrected chi connectivity index (χ1v) is 10.7. The van der Waals surface area contributed by atoms with Crippen molar-refractivity contribution in [1.29, 1.82) is 0 Å². The molecule has 5 atom stereocenters. The van der Waals surface area contributed by atoms with Crippen LogP contribution in [0.2, 0.25) is 0 Å². The summed E-state index contributed by atoms with van der Waals surface area (Å²) >= 11 is -0.322. The summed E-state index contributed by atoms with van der Waals surface area (Å²) in [5.41, 5.74) is 0. The maximum Gasteiger partial charge on any atom is 0.357 e. The van der Waals surface area contributed by atoms with Crippen LogP contribution in [0.3, 0.4) is 0 Å². The minimum Gasteiger partial charge on any atom is -0.486 e. The number of benzene rings is 2. The van der Waals surface area contributed by atoms with Crippen LogP contribution in [0, 0.1) is 30.7 Å². The van der Waals surface area contributed by atoms with Crippen LogP contribution in [0.4, 0.5) is 4.39 Å². The largest absolute Gasteiger partial charge is 0.486 e. The number of rotatable bonds is 4. The van der Waals surface area contributed by atoms with E-state index in [0.717, 1.165) is 18.6 Å². The van der Waals surface area contributed by atoms with Crippen molar-refractivity contribution in [3.05, 3.63) is 61.5 Å². The van der Waals surface area contributed by atoms with Crippen LogP contribution in [0.15, 0.2) is 48.5 Å². The van der Waals surface area contributed by atoms with E-state index in [4.69, 9.17) is 9.47 Å². The number of carbonyl (C=O) groups excluding carboxylic acids is 1. The van der Waals surface area contributed by atoms with Gasteiger partial charge >= 0.3 is 27.2 Å². The minimum atomic E-state index is -0.322. The predicted octanol–water partition coefficient (Wildman–Crippen LogP) is 0.283. The van der Waals surface area contributed by atoms with E-state index in [9.17, 15) is 9.18 Å². The molecule has 1 aliphatic heterocycles. The van der Waals surface area contributed by atoms with Crippen molar-refractivity contribution in [2.24, 2.45) is 17.8 Å². The number of hydrogen-bond acceptors (Lipinski definition) is 3. The SMILES string of the molecule is O=C1OC2C3CC(CC13)C2Oc1ccc([I+]c2ccc(F)cc2)cc1. The highest BCUT2D eigenvalue weighted by molar-refractivity contribution is 5.76. The van der Waals surface area contributed by atoms with E-state index in [1.54, 1.807) is 0 Å². The molecule has 2 saturated carbocycles. The van der Waals surface area contributed by atoms with Crippen molar-refractivity contribution in [1.82, 2.24) is 0 Å². The van der Waals surface area contributed by atoms with Crippen LogP contribution in [0.5, 0.6) is 5.75 Å². The molecule has 128 valence electrons. The second-order valence-electron chi connectivity index (χ2n) is 6.97. The number of ether oxygens (including phenoxy) is 2. The molecular formula is C20H17FIO3+. The van der Waals surface area contributed by atoms with Gasteiger partial charge in [0, 0.05) is 11.8 Å². The van der Waals surface area contributed by atoms with Gasteiger partial charge < -0.3 is 9.47 Å². The lowest BCUT2D eigenvalue weighted by atomic mass is 9.88. The third-order valence-electron chi connectivity index (χ3n) is 5.52. The zero-order chi connectivity index (χ0) is 17.0. The lowest BCUT2D eigenvalue weighted by Crippen LogP contribution is -3.61. The molecule has 0 N–H and O–H groups in total. The van der Waals surface area contributed by atoms with Gasteiger partial charge in [0.2, 0.25) is 0 Å². The highest BCUT2D eigenvalue weighted by Gasteiger charge is 2.62. The topological polar surface area (TPSA) is 35.5 Å². The van der Waals surface area contributed by atoms with Crippen LogP contribution in [-0.2, 0) is 9.53 Å². The average Bonchev–Trinajstić information content (AvgIpc) is 3.24. The fraction of sp³-hybridized carbons (Fsp3) is 0.350. The lowest BCUT2D eigenvalue weighted by Gasteiger charge is -2.26. The van der Waals surface area contributed by atoms with E-state index in [0.29, 0.717) is 11.8 Å². The molecule has 0 amide bonds. The Kier molecular flexibility index (Phi) is 3.73. The third kappa shape index (κ3) is 2.72. The first-order valence-electron chi connectivity index (χ1n) is 8.55. The fourth-order valence-corrected chi connectivity index (χ4v) is 6.57. The van der Waals surface area contributed by atoms with Crippen molar-refractivity contribution in [3.8, 4) is 5.75 Å². The van der Waals surface area contributed by atoms with Crippen molar-refractivity contribution in [3.63, 3.8) is 0 Å². The fourth-order valence-electron chi connectivity index (χ4n) is 4.42. The zero-order valence-corrected chi connectivity index (χ0v) is 15.6. The van der Waals surface area contributed by atoms with E-state index in [2.05, 4.69) is 12.1 Å². The Labute approximate surface area is 155 Å². The van der Waals surface area contributed by atoms with Gasteiger partial charge in [-0.25, -0.2) is 4.39 Å². The van der Waals surface area contributed by atoms with Gasteiger partial charge in [0.1, 0.15) is 23.8 Å². The van der Waals surface area contributed by atoms with Gasteiger partial charge in [-0.05, 0) is 61.4 Å². The minimum absolute atomic E-state index is 0.00495. The smallest absolute Gasteiger partial charge is 0.357 e. The molecule has 0 spiro atoms. The van der Waals surface area contributed by atoms with Gasteiger partial charge in [-0.1, -0.05) is 0 Å². The summed E-state index contributed by atoms with van der Waals surface area (Å²) < 4.78 is 27.2. The van der Waals surface area contributed by atoms with Crippen LogP contribution < -0.4 is 25.9 Å². The third-order valence-corrected chi connectivity index (χ3v) is 8.21.